The fourth-order valence-electron chi connectivity index (χ4n) is 2.17. The zero-order chi connectivity index (χ0) is 9.69. The van der Waals surface area contributed by atoms with Gasteiger partial charge >= 0.3 is 0 Å². The first-order valence-electron chi connectivity index (χ1n) is 4.59. The third-order valence-corrected chi connectivity index (χ3v) is 3.36. The van der Waals surface area contributed by atoms with Gasteiger partial charge in [0.1, 0.15) is 0 Å². The molecule has 1 heterocycles. The molecule has 1 fully saturated rings. The van der Waals surface area contributed by atoms with Crippen LogP contribution in [0.25, 0.3) is 0 Å². The Hall–Kier alpha value is -0.900. The molecule has 72 valence electrons. The Balaban J connectivity index is 2.35. The molecule has 1 saturated carbocycles. The fraction of sp³-hybridized carbons (Fsp3) is 0.778. The molecule has 0 amide bonds. The molecule has 1 aliphatic carbocycles. The summed E-state index contributed by atoms with van der Waals surface area (Å²) >= 11 is 0. The molecule has 0 spiro atoms. The van der Waals surface area contributed by atoms with Gasteiger partial charge in [-0.2, -0.15) is 0 Å². The first-order chi connectivity index (χ1) is 6.02. The van der Waals surface area contributed by atoms with Gasteiger partial charge in [-0.3, -0.25) is 4.68 Å². The van der Waals surface area contributed by atoms with E-state index < -0.39 is 0 Å². The van der Waals surface area contributed by atoms with Gasteiger partial charge in [0.15, 0.2) is 0 Å². The van der Waals surface area contributed by atoms with Gasteiger partial charge in [-0.25, -0.2) is 0 Å². The fourth-order valence-corrected chi connectivity index (χ4v) is 2.17. The van der Waals surface area contributed by atoms with E-state index in [9.17, 15) is 0 Å². The van der Waals surface area contributed by atoms with Gasteiger partial charge in [0, 0.05) is 25.2 Å². The molecule has 4 heteroatoms. The molecule has 13 heavy (non-hydrogen) atoms. The first kappa shape index (κ1) is 8.69. The van der Waals surface area contributed by atoms with Crippen LogP contribution < -0.4 is 5.73 Å². The summed E-state index contributed by atoms with van der Waals surface area (Å²) in [6, 6.07) is 0. The number of aromatic nitrogens is 3. The average Bonchev–Trinajstić information content (AvgIpc) is 2.43. The van der Waals surface area contributed by atoms with Crippen molar-refractivity contribution in [1.29, 1.82) is 0 Å². The normalized spacial score (nSPS) is 30.5. The van der Waals surface area contributed by atoms with E-state index in [4.69, 9.17) is 5.73 Å². The van der Waals surface area contributed by atoms with Crippen molar-refractivity contribution in [2.75, 3.05) is 6.54 Å². The number of rotatable bonds is 2. The number of hydrogen-bond donors (Lipinski definition) is 1. The monoisotopic (exact) mass is 180 g/mol. The van der Waals surface area contributed by atoms with Crippen LogP contribution in [0.2, 0.25) is 0 Å². The second-order valence-electron chi connectivity index (χ2n) is 4.62. The van der Waals surface area contributed by atoms with Gasteiger partial charge in [0.25, 0.3) is 0 Å². The van der Waals surface area contributed by atoms with Crippen molar-refractivity contribution < 1.29 is 0 Å². The van der Waals surface area contributed by atoms with E-state index in [2.05, 4.69) is 24.2 Å². The van der Waals surface area contributed by atoms with E-state index in [0.29, 0.717) is 6.54 Å². The van der Waals surface area contributed by atoms with E-state index in [0.717, 1.165) is 12.1 Å². The molecule has 1 aromatic heterocycles. The van der Waals surface area contributed by atoms with Crippen molar-refractivity contribution in [2.24, 2.45) is 18.2 Å². The Morgan fingerprint density at radius 3 is 2.54 bits per heavy atom. The molecule has 1 aromatic rings. The molecule has 1 aliphatic rings. The maximum absolute atomic E-state index is 5.81. The number of nitrogens with zero attached hydrogens (tertiary/aromatic N) is 3. The number of aryl methyl sites for hydroxylation is 1. The maximum Gasteiger partial charge on any atom is 0.0906 e. The molecule has 0 bridgehead atoms. The zero-order valence-electron chi connectivity index (χ0n) is 8.41. The molecule has 2 rings (SSSR count). The van der Waals surface area contributed by atoms with Crippen molar-refractivity contribution in [2.45, 2.75) is 25.7 Å². The summed E-state index contributed by atoms with van der Waals surface area (Å²) < 4.78 is 1.74. The van der Waals surface area contributed by atoms with Gasteiger partial charge < -0.3 is 5.73 Å². The van der Waals surface area contributed by atoms with Crippen LogP contribution in [-0.2, 0) is 12.5 Å². The van der Waals surface area contributed by atoms with Crippen molar-refractivity contribution in [1.82, 2.24) is 15.0 Å². The van der Waals surface area contributed by atoms with Crippen molar-refractivity contribution in [3.8, 4) is 0 Å². The van der Waals surface area contributed by atoms with E-state index in [1.165, 1.54) is 0 Å². The summed E-state index contributed by atoms with van der Waals surface area (Å²) in [5, 5.41) is 8.10. The standard InChI is InChI=1S/C9H16N4/c1-8(2)5-9(8,6-10)7-4-13(3)12-11-7/h4H,5-6,10H2,1-3H3. The highest BCUT2D eigenvalue weighted by Crippen LogP contribution is 2.62. The number of hydrogen-bond acceptors (Lipinski definition) is 3. The molecule has 1 atom stereocenters. The molecule has 0 aromatic carbocycles. The molecular formula is C9H16N4. The molecule has 0 radical (unpaired) electrons. The molecule has 1 unspecified atom stereocenters. The summed E-state index contributed by atoms with van der Waals surface area (Å²) in [5.41, 5.74) is 7.23. The maximum atomic E-state index is 5.81. The van der Waals surface area contributed by atoms with E-state index in [-0.39, 0.29) is 10.8 Å². The lowest BCUT2D eigenvalue weighted by Crippen LogP contribution is -2.25. The lowest BCUT2D eigenvalue weighted by atomic mass is 9.93. The summed E-state index contributed by atoms with van der Waals surface area (Å²) in [6.07, 6.45) is 3.09. The SMILES string of the molecule is Cn1cc(C2(CN)CC2(C)C)nn1. The van der Waals surface area contributed by atoms with Gasteiger partial charge in [-0.1, -0.05) is 19.1 Å². The minimum atomic E-state index is 0.0846. The van der Waals surface area contributed by atoms with E-state index in [1.807, 2.05) is 13.2 Å². The number of nitrogens with two attached hydrogens (primary N) is 1. The second-order valence-corrected chi connectivity index (χ2v) is 4.62. The van der Waals surface area contributed by atoms with E-state index in [1.54, 1.807) is 4.68 Å². The van der Waals surface area contributed by atoms with Crippen molar-refractivity contribution >= 4 is 0 Å². The van der Waals surface area contributed by atoms with Crippen LogP contribution in [0.5, 0.6) is 0 Å². The van der Waals surface area contributed by atoms with Gasteiger partial charge in [0.05, 0.1) is 5.69 Å². The highest BCUT2D eigenvalue weighted by Gasteiger charge is 2.62. The van der Waals surface area contributed by atoms with Crippen LogP contribution in [0.15, 0.2) is 6.20 Å². The van der Waals surface area contributed by atoms with Crippen LogP contribution in [-0.4, -0.2) is 21.5 Å². The summed E-state index contributed by atoms with van der Waals surface area (Å²) in [7, 11) is 1.89. The summed E-state index contributed by atoms with van der Waals surface area (Å²) in [6.45, 7) is 5.13. The Labute approximate surface area is 78.1 Å². The van der Waals surface area contributed by atoms with Gasteiger partial charge in [-0.15, -0.1) is 5.10 Å². The lowest BCUT2D eigenvalue weighted by Gasteiger charge is -2.14. The highest BCUT2D eigenvalue weighted by molar-refractivity contribution is 5.30. The smallest absolute Gasteiger partial charge is 0.0906 e. The largest absolute Gasteiger partial charge is 0.330 e. The highest BCUT2D eigenvalue weighted by atomic mass is 15.4. The second kappa shape index (κ2) is 2.32. The van der Waals surface area contributed by atoms with Gasteiger partial charge in [-0.05, 0) is 11.8 Å². The van der Waals surface area contributed by atoms with Crippen LogP contribution >= 0.6 is 0 Å². The van der Waals surface area contributed by atoms with Crippen LogP contribution in [0, 0.1) is 5.41 Å². The Morgan fingerprint density at radius 1 is 1.62 bits per heavy atom. The zero-order valence-corrected chi connectivity index (χ0v) is 8.41. The minimum Gasteiger partial charge on any atom is -0.330 e. The lowest BCUT2D eigenvalue weighted by molar-refractivity contribution is 0.492. The average molecular weight is 180 g/mol. The third-order valence-electron chi connectivity index (χ3n) is 3.36. The molecule has 4 nitrogen and oxygen atoms in total. The molecule has 2 N–H and O–H groups in total. The Bertz CT molecular complexity index is 328. The topological polar surface area (TPSA) is 56.7 Å². The van der Waals surface area contributed by atoms with Crippen molar-refractivity contribution in [3.05, 3.63) is 11.9 Å². The minimum absolute atomic E-state index is 0.0846. The molecule has 0 aliphatic heterocycles. The third kappa shape index (κ3) is 1.01. The van der Waals surface area contributed by atoms with Crippen molar-refractivity contribution in [3.63, 3.8) is 0 Å². The predicted molar refractivity (Wildman–Crippen MR) is 50.1 cm³/mol. The van der Waals surface area contributed by atoms with Crippen LogP contribution in [0.3, 0.4) is 0 Å². The molecule has 0 saturated heterocycles. The molecular weight excluding hydrogens is 164 g/mol. The Morgan fingerprint density at radius 2 is 2.23 bits per heavy atom. The quantitative estimate of drug-likeness (QED) is 0.718. The predicted octanol–water partition coefficient (Wildman–Crippen LogP) is 0.441. The van der Waals surface area contributed by atoms with Crippen LogP contribution in [0.1, 0.15) is 26.0 Å². The summed E-state index contributed by atoms with van der Waals surface area (Å²) in [5.74, 6) is 0. The van der Waals surface area contributed by atoms with Crippen LogP contribution in [0.4, 0.5) is 0 Å². The Kier molecular flexibility index (Phi) is 1.55. The van der Waals surface area contributed by atoms with E-state index >= 15 is 0 Å². The first-order valence-corrected chi connectivity index (χ1v) is 4.59. The van der Waals surface area contributed by atoms with Gasteiger partial charge in [0.2, 0.25) is 0 Å². The summed E-state index contributed by atoms with van der Waals surface area (Å²) in [4.78, 5) is 0.